The van der Waals surface area contributed by atoms with E-state index in [9.17, 15) is 52.0 Å². The van der Waals surface area contributed by atoms with Gasteiger partial charge in [-0.3, -0.25) is 33.5 Å². The van der Waals surface area contributed by atoms with E-state index in [1.807, 2.05) is 20.8 Å². The molecule has 149 heavy (non-hydrogen) atoms. The first-order chi connectivity index (χ1) is 70.6. The summed E-state index contributed by atoms with van der Waals surface area (Å²) in [6.45, 7) is 24.8. The molecule has 4 aromatic carbocycles. The fourth-order valence-corrected chi connectivity index (χ4v) is 27.6. The van der Waals surface area contributed by atoms with Gasteiger partial charge in [-0.05, 0) is 231 Å². The van der Waals surface area contributed by atoms with Crippen LogP contribution in [0.25, 0.3) is 91.4 Å². The van der Waals surface area contributed by atoms with Crippen LogP contribution >= 0.6 is 0 Å². The average Bonchev–Trinajstić information content (AvgIpc) is 1.53. The number of rotatable bonds is 20. The van der Waals surface area contributed by atoms with Crippen molar-refractivity contribution < 1.29 is 69.6 Å². The zero-order valence-electron chi connectivity index (χ0n) is 83.6. The van der Waals surface area contributed by atoms with Crippen molar-refractivity contribution in [2.75, 3.05) is 12.5 Å². The number of nitrogens with two attached hydrogens (primary N) is 1. The Morgan fingerprint density at radius 1 is 0.389 bits per heavy atom. The molecule has 24 rings (SSSR count). The molecule has 0 aliphatic heterocycles. The molecule has 0 amide bonds. The topological polar surface area (TPSA) is 417 Å². The van der Waals surface area contributed by atoms with Crippen LogP contribution in [0.1, 0.15) is 252 Å². The Labute approximate surface area is 853 Å². The Kier molecular flexibility index (Phi) is 24.5. The maximum absolute atomic E-state index is 14.5. The van der Waals surface area contributed by atoms with Gasteiger partial charge >= 0.3 is 0 Å². The Morgan fingerprint density at radius 3 is 0.966 bits per heavy atom. The summed E-state index contributed by atoms with van der Waals surface area (Å²) in [5.74, 6) is 4.22. The van der Waals surface area contributed by atoms with Crippen LogP contribution in [-0.2, 0) is 68.8 Å². The predicted molar refractivity (Wildman–Crippen MR) is 539 cm³/mol. The number of nitrogens with zero attached hydrogens (tertiary/aromatic N) is 20. The number of sulfone groups is 1. The first-order valence-electron chi connectivity index (χ1n) is 48.5. The quantitative estimate of drug-likeness (QED) is 0.0528. The summed E-state index contributed by atoms with van der Waals surface area (Å²) in [6, 6.07) is 21.8. The Hall–Kier alpha value is -14.3. The van der Waals surface area contributed by atoms with Gasteiger partial charge < -0.3 is 17.7 Å². The zero-order valence-corrected chi connectivity index (χ0v) is 86.1. The largest absolute Gasteiger partial charge is 0.443 e. The van der Waals surface area contributed by atoms with Crippen molar-refractivity contribution in [1.82, 2.24) is 105 Å². The second-order valence-corrected chi connectivity index (χ2v) is 48.5. The van der Waals surface area contributed by atoms with Gasteiger partial charge in [0.25, 0.3) is 0 Å². The number of fused-ring (bicyclic) bond motifs is 20. The monoisotopic (exact) mass is 2080 g/mol. The molecule has 8 bridgehead atoms. The van der Waals surface area contributed by atoms with Gasteiger partial charge in [-0.25, -0.2) is 88.1 Å². The van der Waals surface area contributed by atoms with E-state index < -0.39 is 97.5 Å². The van der Waals surface area contributed by atoms with Crippen LogP contribution in [0, 0.1) is 82.0 Å². The summed E-state index contributed by atoms with van der Waals surface area (Å²) in [5.41, 5.74) is 10.1. The third-order valence-corrected chi connectivity index (χ3v) is 34.9. The number of hydrogen-bond acceptors (Lipinski definition) is 28. The molecule has 12 heterocycles. The van der Waals surface area contributed by atoms with E-state index in [0.717, 1.165) is 126 Å². The second-order valence-electron chi connectivity index (χ2n) is 42.1. The molecule has 16 aromatic rings. The van der Waals surface area contributed by atoms with E-state index >= 15 is 0 Å². The van der Waals surface area contributed by atoms with Gasteiger partial charge in [0.1, 0.15) is 93.4 Å². The summed E-state index contributed by atoms with van der Waals surface area (Å²) in [4.78, 5) is 55.4. The normalized spacial score (nSPS) is 22.5. The van der Waals surface area contributed by atoms with E-state index in [-0.39, 0.29) is 126 Å². The second kappa shape index (κ2) is 36.3. The molecule has 4 fully saturated rings. The predicted octanol–water partition coefficient (Wildman–Crippen LogP) is 20.0. The standard InChI is InChI=1S/C28H28F2N6O2S.C27H25F2N5O3S.C27H25F2N5O.C26H24F2N6O2S/c1-15(36-39(4,5)37)22-14-38-26(33-22)21-12-31-13-23(32-21)28-10-9-17(27(28,2)3)16-11-20(34-35-25(16)28)24-18(29)7-6-8-19(24)30;1-14-21(13-38(4,35)36)32-25(37-14)20-11-30-12-22(31-20)27-9-8-16(26(27,2)3)15-10-19(33-34-24(15)27)23-17(28)6-5-7-18(23)29;1-5-19-14(2)35-25(32-19)21-12-30-13-22(31-21)27-10-9-16(26(27,3)4)15-11-20(33-34-24(15)27)23-17(28)7-6-8-18(23)29;1-25(2)16-7-8-26(25,23-15(16)9-19(33-34-23)22-17(27)5-4-6-18(22)28)21-11-30-10-20(32-21)24-31-14(12-36-24)13-37(3,29)35/h6-8,11-15,17H,4,9-10H2,1-3,5H3,(H,36,37);5-7,10-12,16H,8-9,13H2,1-4H3;6-8,11-13,16H,5,9-10H2,1-4H3;4-6,9-12,16H,3,7-8,13H2,1-2H3,(H2,29,35)/t15-,17+,28+,39?;2*16-,27-;16-,26-,37?/m1000/s1. The number of benzene rings is 4. The zero-order chi connectivity index (χ0) is 105. The number of aryl methyl sites for hydroxylation is 3. The van der Waals surface area contributed by atoms with E-state index in [4.69, 9.17) is 42.7 Å². The minimum atomic E-state index is -3.30. The molecule has 3 N–H and O–H groups in total. The van der Waals surface area contributed by atoms with Crippen molar-refractivity contribution in [2.24, 2.45) is 26.8 Å². The summed E-state index contributed by atoms with van der Waals surface area (Å²) in [6.07, 6.45) is 26.2. The van der Waals surface area contributed by atoms with Crippen molar-refractivity contribution in [1.29, 1.82) is 0 Å². The molecule has 12 aromatic heterocycles. The van der Waals surface area contributed by atoms with Gasteiger partial charge in [-0.15, -0.1) is 20.4 Å². The molecular formula is C108H102F8N22O8S3. The van der Waals surface area contributed by atoms with Crippen LogP contribution in [0.4, 0.5) is 35.1 Å². The van der Waals surface area contributed by atoms with Gasteiger partial charge in [0.15, 0.2) is 9.84 Å². The van der Waals surface area contributed by atoms with Gasteiger partial charge in [0.2, 0.25) is 23.6 Å². The fraction of sp³-hybridized carbons (Fsp3) is 0.352. The highest BCUT2D eigenvalue weighted by Crippen LogP contribution is 2.74. The molecule has 2 unspecified atom stereocenters. The molecule has 8 aliphatic rings. The number of aromatic nitrogens is 20. The maximum atomic E-state index is 14.5. The lowest BCUT2D eigenvalue weighted by Gasteiger charge is -2.37. The number of nitrogens with one attached hydrogen (secondary N) is 1. The molecule has 11 atom stereocenters. The molecule has 0 spiro atoms. The summed E-state index contributed by atoms with van der Waals surface area (Å²) in [7, 11) is -8.50. The molecule has 0 radical (unpaired) electrons. The van der Waals surface area contributed by atoms with Crippen molar-refractivity contribution in [3.05, 3.63) is 308 Å². The number of halogens is 8. The van der Waals surface area contributed by atoms with Crippen LogP contribution in [0.5, 0.6) is 0 Å². The average molecular weight is 2080 g/mol. The molecule has 4 saturated carbocycles. The van der Waals surface area contributed by atoms with Gasteiger partial charge in [-0.1, -0.05) is 86.6 Å². The van der Waals surface area contributed by atoms with Crippen LogP contribution in [0.2, 0.25) is 0 Å². The van der Waals surface area contributed by atoms with Crippen molar-refractivity contribution in [3.63, 3.8) is 0 Å². The van der Waals surface area contributed by atoms with Crippen molar-refractivity contribution >= 4 is 41.0 Å². The van der Waals surface area contributed by atoms with E-state index in [1.54, 1.807) is 74.6 Å². The Morgan fingerprint density at radius 2 is 0.678 bits per heavy atom. The van der Waals surface area contributed by atoms with Crippen molar-refractivity contribution in [3.8, 4) is 91.4 Å². The lowest BCUT2D eigenvalue weighted by Crippen LogP contribution is -2.38. The molecule has 766 valence electrons. The van der Waals surface area contributed by atoms with Gasteiger partial charge in [0, 0.05) is 56.7 Å². The number of hydrogen-bond donors (Lipinski definition) is 2. The lowest BCUT2D eigenvalue weighted by molar-refractivity contribution is 0.242. The van der Waals surface area contributed by atoms with Gasteiger partial charge in [-0.2, -0.15) is 20.4 Å². The number of oxazole rings is 4. The smallest absolute Gasteiger partial charge is 0.247 e. The first-order valence-corrected chi connectivity index (χ1v) is 54.6. The third kappa shape index (κ3) is 16.3. The van der Waals surface area contributed by atoms with Crippen LogP contribution < -0.4 is 9.86 Å². The highest BCUT2D eigenvalue weighted by Gasteiger charge is 2.70. The van der Waals surface area contributed by atoms with E-state index in [2.05, 4.69) is 153 Å². The van der Waals surface area contributed by atoms with Gasteiger partial charge in [0.05, 0.1) is 177 Å². The summed E-state index contributed by atoms with van der Waals surface area (Å²) >= 11 is 0. The van der Waals surface area contributed by atoms with Crippen molar-refractivity contribution in [2.45, 2.75) is 204 Å². The van der Waals surface area contributed by atoms with Crippen LogP contribution in [0.3, 0.4) is 0 Å². The fourth-order valence-electron chi connectivity index (χ4n) is 25.3. The first kappa shape index (κ1) is 101. The SMILES string of the molecule is C=S(C)(=O)N[C@H](C)c1coc(-c2cncc([C@@]34CC[C@@H](c5cc(-c6c(F)cccc6F)nnc53)C4(C)C)n2)n1.C=S(N)(=O)Cc1coc(-c2cncc([C@@]34CC[C@@H](c5cc(-c6c(F)cccc6F)nnc53)C4(C)C)n2)n1.CCc1nc(-c2cncc([C@@]34CC[C@@H](c5cc(-c6c(F)cccc6F)nnc53)C4(C)C)n2)oc1C.Cc1oc(-c2cncc([C@@]34CC[C@@H](c5cc(-c6c(F)cccc6F)nnc53)C4(C)C)n2)nc1CS(C)(=O)=O. The molecular weight excluding hydrogens is 1980 g/mol. The highest BCUT2D eigenvalue weighted by atomic mass is 32.2. The Bertz CT molecular complexity index is 8460. The van der Waals surface area contributed by atoms with Crippen LogP contribution in [0.15, 0.2) is 177 Å². The molecule has 0 saturated heterocycles. The van der Waals surface area contributed by atoms with E-state index in [0.29, 0.717) is 68.6 Å². The maximum Gasteiger partial charge on any atom is 0.247 e. The minimum Gasteiger partial charge on any atom is -0.443 e. The molecule has 30 nitrogen and oxygen atoms in total. The third-order valence-electron chi connectivity index (χ3n) is 32.4. The molecule has 8 aliphatic carbocycles. The summed E-state index contributed by atoms with van der Waals surface area (Å²) in [5, 5.41) is 40.9. The minimum absolute atomic E-state index is 0.0177. The van der Waals surface area contributed by atoms with Crippen LogP contribution in [-0.4, -0.2) is 142 Å². The Balaban J connectivity index is 0.000000116. The highest BCUT2D eigenvalue weighted by molar-refractivity contribution is 7.98. The lowest BCUT2D eigenvalue weighted by atomic mass is 9.66. The summed E-state index contributed by atoms with van der Waals surface area (Å²) < 4.78 is 189. The van der Waals surface area contributed by atoms with E-state index in [1.165, 1.54) is 97.8 Å². The molecule has 41 heteroatoms.